The number of carbonyl (C=O) groups excluding carboxylic acids is 3. The van der Waals surface area contributed by atoms with Gasteiger partial charge in [0.05, 0.1) is 22.4 Å². The Balaban J connectivity index is 1.35. The van der Waals surface area contributed by atoms with Crippen molar-refractivity contribution in [1.82, 2.24) is 15.2 Å². The minimum Gasteiger partial charge on any atom is -0.457 e. The van der Waals surface area contributed by atoms with E-state index in [2.05, 4.69) is 15.6 Å². The highest BCUT2D eigenvalue weighted by Crippen LogP contribution is 2.47. The van der Waals surface area contributed by atoms with Crippen molar-refractivity contribution >= 4 is 56.5 Å². The molecule has 0 radical (unpaired) electrons. The van der Waals surface area contributed by atoms with Crippen LogP contribution >= 0.6 is 11.3 Å². The highest BCUT2D eigenvalue weighted by Gasteiger charge is 2.36. The van der Waals surface area contributed by atoms with E-state index >= 15 is 0 Å². The summed E-state index contributed by atoms with van der Waals surface area (Å²) in [5, 5.41) is 6.82. The van der Waals surface area contributed by atoms with Gasteiger partial charge in [0, 0.05) is 31.7 Å². The van der Waals surface area contributed by atoms with E-state index in [-0.39, 0.29) is 23.9 Å². The molecule has 2 N–H and O–H groups in total. The average Bonchev–Trinajstić information content (AvgIpc) is 3.35. The fraction of sp³-hybridized carbons (Fsp3) is 0.267. The molecule has 6 rings (SSSR count). The van der Waals surface area contributed by atoms with Crippen LogP contribution in [0.25, 0.3) is 10.2 Å². The molecule has 2 aromatic carbocycles. The summed E-state index contributed by atoms with van der Waals surface area (Å²) in [5.74, 6) is 1.17. The Labute approximate surface area is 235 Å². The van der Waals surface area contributed by atoms with Crippen LogP contribution in [0.15, 0.2) is 60.8 Å². The Morgan fingerprint density at radius 2 is 1.98 bits per heavy atom. The largest absolute Gasteiger partial charge is 0.457 e. The minimum atomic E-state index is -0.357. The summed E-state index contributed by atoms with van der Waals surface area (Å²) in [6.45, 7) is 4.94. The van der Waals surface area contributed by atoms with E-state index in [1.807, 2.05) is 67.3 Å². The number of carbonyl (C=O) groups is 3. The van der Waals surface area contributed by atoms with E-state index in [1.165, 1.54) is 11.3 Å². The van der Waals surface area contributed by atoms with Gasteiger partial charge in [-0.1, -0.05) is 25.1 Å². The Morgan fingerprint density at radius 3 is 2.75 bits per heavy atom. The second-order valence-electron chi connectivity index (χ2n) is 9.95. The third kappa shape index (κ3) is 4.75. The molecule has 9 nitrogen and oxygen atoms in total. The van der Waals surface area contributed by atoms with Gasteiger partial charge >= 0.3 is 6.03 Å². The summed E-state index contributed by atoms with van der Waals surface area (Å²) >= 11 is 1.26. The number of likely N-dealkylation sites (tertiary alicyclic amines) is 1. The number of hydrogen-bond donors (Lipinski definition) is 2. The van der Waals surface area contributed by atoms with E-state index in [0.29, 0.717) is 57.8 Å². The van der Waals surface area contributed by atoms with Crippen LogP contribution in [0.2, 0.25) is 0 Å². The lowest BCUT2D eigenvalue weighted by Gasteiger charge is -2.33. The van der Waals surface area contributed by atoms with E-state index in [4.69, 9.17) is 4.74 Å². The second kappa shape index (κ2) is 10.6. The molecule has 0 saturated carbocycles. The number of thiophene rings is 1. The zero-order valence-corrected chi connectivity index (χ0v) is 23.1. The van der Waals surface area contributed by atoms with Crippen LogP contribution < -0.4 is 20.3 Å². The molecule has 204 valence electrons. The van der Waals surface area contributed by atoms with E-state index in [1.54, 1.807) is 17.2 Å². The van der Waals surface area contributed by atoms with Crippen LogP contribution in [-0.2, 0) is 4.79 Å². The maximum absolute atomic E-state index is 13.8. The number of benzene rings is 2. The summed E-state index contributed by atoms with van der Waals surface area (Å²) in [6.07, 6.45) is 3.68. The van der Waals surface area contributed by atoms with Gasteiger partial charge < -0.3 is 20.3 Å². The lowest BCUT2D eigenvalue weighted by molar-refractivity contribution is -0.132. The number of piperidine rings is 1. The Morgan fingerprint density at radius 1 is 1.15 bits per heavy atom. The molecule has 0 bridgehead atoms. The molecule has 1 saturated heterocycles. The van der Waals surface area contributed by atoms with Gasteiger partial charge in [0.15, 0.2) is 0 Å². The number of urea groups is 1. The van der Waals surface area contributed by atoms with Gasteiger partial charge in [-0.3, -0.25) is 14.5 Å². The molecule has 0 spiro atoms. The Bertz CT molecular complexity index is 1620. The standard InChI is InChI=1S/C30H29N5O4S/c1-3-24(36)34-15-7-8-19(17-34)32-28(37)27-26-25-22(13-14-31-29(25)40-27)33-30(38)35(26)23-12-11-21(16-18(23)2)39-20-9-5-4-6-10-20/h4-6,9-14,16,19H,3,7-8,15,17H2,1-2H3,(H,32,37)(H,33,38). The highest BCUT2D eigenvalue weighted by atomic mass is 32.1. The summed E-state index contributed by atoms with van der Waals surface area (Å²) in [6, 6.07) is 16.2. The molecule has 40 heavy (non-hydrogen) atoms. The summed E-state index contributed by atoms with van der Waals surface area (Å²) < 4.78 is 5.99. The topological polar surface area (TPSA) is 104 Å². The molecule has 2 aromatic heterocycles. The predicted molar refractivity (Wildman–Crippen MR) is 156 cm³/mol. The van der Waals surface area contributed by atoms with Crippen molar-refractivity contribution in [2.24, 2.45) is 0 Å². The first kappa shape index (κ1) is 25.8. The molecule has 0 aliphatic carbocycles. The molecule has 1 fully saturated rings. The number of nitrogens with one attached hydrogen (secondary N) is 2. The smallest absolute Gasteiger partial charge is 0.331 e. The maximum atomic E-state index is 13.8. The molecule has 4 amide bonds. The van der Waals surface area contributed by atoms with Crippen molar-refractivity contribution < 1.29 is 19.1 Å². The fourth-order valence-corrected chi connectivity index (χ4v) is 6.40. The summed E-state index contributed by atoms with van der Waals surface area (Å²) in [5.41, 5.74) is 2.58. The first-order chi connectivity index (χ1) is 19.4. The van der Waals surface area contributed by atoms with Gasteiger partial charge in [0.2, 0.25) is 5.91 Å². The number of hydrogen-bond acceptors (Lipinski definition) is 6. The zero-order chi connectivity index (χ0) is 27.8. The van der Waals surface area contributed by atoms with Gasteiger partial charge in [0.1, 0.15) is 21.2 Å². The number of aryl methyl sites for hydroxylation is 1. The van der Waals surface area contributed by atoms with Crippen molar-refractivity contribution in [1.29, 1.82) is 0 Å². The molecule has 2 aliphatic rings. The number of aromatic nitrogens is 1. The van der Waals surface area contributed by atoms with E-state index in [0.717, 1.165) is 23.8 Å². The van der Waals surface area contributed by atoms with Crippen molar-refractivity contribution in [3.8, 4) is 11.5 Å². The molecular formula is C30H29N5O4S. The second-order valence-corrected chi connectivity index (χ2v) is 11.0. The number of para-hydroxylation sites is 1. The quantitative estimate of drug-likeness (QED) is 0.294. The number of rotatable bonds is 6. The average molecular weight is 556 g/mol. The SMILES string of the molecule is CCC(=O)N1CCCC(NC(=O)c2sc3nccc4c3c2N(c2ccc(Oc3ccccc3)cc2C)C(=O)N4)C1. The normalized spacial score (nSPS) is 16.6. The van der Waals surface area contributed by atoms with Gasteiger partial charge in [-0.05, 0) is 61.7 Å². The zero-order valence-electron chi connectivity index (χ0n) is 22.3. The number of amides is 4. The first-order valence-corrected chi connectivity index (χ1v) is 14.2. The van der Waals surface area contributed by atoms with Crippen LogP contribution in [0.5, 0.6) is 11.5 Å². The summed E-state index contributed by atoms with van der Waals surface area (Å²) in [7, 11) is 0. The Hall–Kier alpha value is -4.44. The van der Waals surface area contributed by atoms with Gasteiger partial charge in [-0.25, -0.2) is 9.78 Å². The van der Waals surface area contributed by atoms with Crippen molar-refractivity contribution in [2.75, 3.05) is 23.3 Å². The third-order valence-electron chi connectivity index (χ3n) is 7.24. The molecule has 4 aromatic rings. The van der Waals surface area contributed by atoms with Crippen LogP contribution in [0.3, 0.4) is 0 Å². The maximum Gasteiger partial charge on any atom is 0.331 e. The van der Waals surface area contributed by atoms with E-state index < -0.39 is 0 Å². The summed E-state index contributed by atoms with van der Waals surface area (Å²) in [4.78, 5) is 48.5. The van der Waals surface area contributed by atoms with Crippen molar-refractivity contribution in [3.05, 3.63) is 71.2 Å². The number of pyridine rings is 1. The highest BCUT2D eigenvalue weighted by molar-refractivity contribution is 7.21. The lowest BCUT2D eigenvalue weighted by atomic mass is 10.0. The molecule has 1 atom stereocenters. The van der Waals surface area contributed by atoms with Gasteiger partial charge in [-0.2, -0.15) is 0 Å². The van der Waals surface area contributed by atoms with Crippen LogP contribution in [0.4, 0.5) is 21.9 Å². The molecule has 1 unspecified atom stereocenters. The number of ether oxygens (including phenoxy) is 1. The monoisotopic (exact) mass is 555 g/mol. The van der Waals surface area contributed by atoms with E-state index in [9.17, 15) is 14.4 Å². The van der Waals surface area contributed by atoms with Gasteiger partial charge in [-0.15, -0.1) is 11.3 Å². The van der Waals surface area contributed by atoms with Crippen LogP contribution in [0.1, 0.15) is 41.4 Å². The third-order valence-corrected chi connectivity index (χ3v) is 8.33. The van der Waals surface area contributed by atoms with Crippen molar-refractivity contribution in [3.63, 3.8) is 0 Å². The van der Waals surface area contributed by atoms with Crippen LogP contribution in [-0.4, -0.2) is 46.9 Å². The molecular weight excluding hydrogens is 526 g/mol. The number of nitrogens with zero attached hydrogens (tertiary/aromatic N) is 3. The fourth-order valence-electron chi connectivity index (χ4n) is 5.34. The van der Waals surface area contributed by atoms with Crippen molar-refractivity contribution in [2.45, 2.75) is 39.2 Å². The lowest BCUT2D eigenvalue weighted by Crippen LogP contribution is -2.49. The van der Waals surface area contributed by atoms with Crippen LogP contribution in [0, 0.1) is 6.92 Å². The number of anilines is 3. The molecule has 4 heterocycles. The first-order valence-electron chi connectivity index (χ1n) is 13.4. The minimum absolute atomic E-state index is 0.0859. The predicted octanol–water partition coefficient (Wildman–Crippen LogP) is 6.21. The molecule has 2 aliphatic heterocycles. The van der Waals surface area contributed by atoms with Gasteiger partial charge in [0.25, 0.3) is 5.91 Å². The molecule has 10 heteroatoms. The Kier molecular flexibility index (Phi) is 6.85.